The first-order valence-corrected chi connectivity index (χ1v) is 13.2. The SMILES string of the molecule is CS(=O)(=O)NCc1cc(F)cc(-c2cncc3[nH]c(-c4n[nH]c5ccc(-c6ccccn6)nc45)cc23)c1. The van der Waals surface area contributed by atoms with Crippen molar-refractivity contribution in [3.05, 3.63) is 84.6 Å². The van der Waals surface area contributed by atoms with Gasteiger partial charge in [-0.2, -0.15) is 5.10 Å². The summed E-state index contributed by atoms with van der Waals surface area (Å²) in [7, 11) is -3.42. The molecule has 184 valence electrons. The van der Waals surface area contributed by atoms with Crippen molar-refractivity contribution in [2.24, 2.45) is 0 Å². The van der Waals surface area contributed by atoms with E-state index in [0.717, 1.165) is 39.8 Å². The van der Waals surface area contributed by atoms with Crippen molar-refractivity contribution in [1.29, 1.82) is 0 Å². The quantitative estimate of drug-likeness (QED) is 0.302. The molecule has 1 aromatic carbocycles. The third-order valence-electron chi connectivity index (χ3n) is 5.94. The van der Waals surface area contributed by atoms with Gasteiger partial charge >= 0.3 is 0 Å². The number of pyridine rings is 3. The molecule has 0 saturated carbocycles. The molecule has 6 aromatic rings. The first-order chi connectivity index (χ1) is 17.8. The minimum atomic E-state index is -3.42. The smallest absolute Gasteiger partial charge is 0.209 e. The normalized spacial score (nSPS) is 11.9. The van der Waals surface area contributed by atoms with Crippen LogP contribution in [-0.2, 0) is 16.6 Å². The molecule has 6 rings (SSSR count). The summed E-state index contributed by atoms with van der Waals surface area (Å²) in [5.41, 5.74) is 6.81. The molecule has 5 aromatic heterocycles. The van der Waals surface area contributed by atoms with E-state index in [1.807, 2.05) is 36.4 Å². The fraction of sp³-hybridized carbons (Fsp3) is 0.0769. The number of hydrogen-bond acceptors (Lipinski definition) is 6. The molecule has 5 heterocycles. The number of benzene rings is 1. The highest BCUT2D eigenvalue weighted by Crippen LogP contribution is 2.34. The molecule has 0 aliphatic rings. The topological polar surface area (TPSA) is 129 Å². The summed E-state index contributed by atoms with van der Waals surface area (Å²) in [6.07, 6.45) is 6.13. The lowest BCUT2D eigenvalue weighted by atomic mass is 10.0. The zero-order valence-corrected chi connectivity index (χ0v) is 20.3. The van der Waals surface area contributed by atoms with Crippen molar-refractivity contribution < 1.29 is 12.8 Å². The molecule has 9 nitrogen and oxygen atoms in total. The van der Waals surface area contributed by atoms with Crippen LogP contribution in [0.4, 0.5) is 4.39 Å². The van der Waals surface area contributed by atoms with Gasteiger partial charge in [-0.1, -0.05) is 6.07 Å². The first-order valence-electron chi connectivity index (χ1n) is 11.3. The molecule has 0 aliphatic heterocycles. The van der Waals surface area contributed by atoms with Crippen molar-refractivity contribution >= 4 is 32.0 Å². The minimum Gasteiger partial charge on any atom is -0.352 e. The molecular weight excluding hydrogens is 493 g/mol. The van der Waals surface area contributed by atoms with Gasteiger partial charge in [0, 0.05) is 29.9 Å². The molecule has 3 N–H and O–H groups in total. The molecule has 0 radical (unpaired) electrons. The third kappa shape index (κ3) is 4.57. The van der Waals surface area contributed by atoms with Crippen molar-refractivity contribution in [1.82, 2.24) is 34.9 Å². The first kappa shape index (κ1) is 23.0. The third-order valence-corrected chi connectivity index (χ3v) is 6.61. The number of H-pyrrole nitrogens is 2. The highest BCUT2D eigenvalue weighted by atomic mass is 32.2. The maximum Gasteiger partial charge on any atom is 0.209 e. The number of aromatic amines is 2. The fourth-order valence-corrected chi connectivity index (χ4v) is 4.70. The highest BCUT2D eigenvalue weighted by molar-refractivity contribution is 7.88. The average Bonchev–Trinajstić information content (AvgIpc) is 3.51. The maximum atomic E-state index is 14.5. The van der Waals surface area contributed by atoms with Gasteiger partial charge in [0.2, 0.25) is 10.0 Å². The molecule has 0 spiro atoms. The fourth-order valence-electron chi connectivity index (χ4n) is 4.27. The van der Waals surface area contributed by atoms with Gasteiger partial charge in [0.25, 0.3) is 0 Å². The largest absolute Gasteiger partial charge is 0.352 e. The summed E-state index contributed by atoms with van der Waals surface area (Å²) >= 11 is 0. The van der Waals surface area contributed by atoms with E-state index in [4.69, 9.17) is 4.98 Å². The Kier molecular flexibility index (Phi) is 5.50. The van der Waals surface area contributed by atoms with E-state index in [1.54, 1.807) is 24.7 Å². The maximum absolute atomic E-state index is 14.5. The van der Waals surface area contributed by atoms with Gasteiger partial charge < -0.3 is 4.98 Å². The number of sulfonamides is 1. The lowest BCUT2D eigenvalue weighted by Gasteiger charge is -2.08. The summed E-state index contributed by atoms with van der Waals surface area (Å²) in [4.78, 5) is 16.9. The number of rotatable bonds is 6. The Bertz CT molecular complexity index is 1880. The van der Waals surface area contributed by atoms with Crippen LogP contribution >= 0.6 is 0 Å². The molecule has 11 heteroatoms. The van der Waals surface area contributed by atoms with Crippen LogP contribution in [0.25, 0.3) is 55.8 Å². The molecule has 37 heavy (non-hydrogen) atoms. The lowest BCUT2D eigenvalue weighted by molar-refractivity contribution is 0.586. The number of halogens is 1. The molecular formula is C26H20FN7O2S. The summed E-state index contributed by atoms with van der Waals surface area (Å²) in [5, 5.41) is 8.33. The van der Waals surface area contributed by atoms with Crippen LogP contribution in [0.5, 0.6) is 0 Å². The Balaban J connectivity index is 1.44. The van der Waals surface area contributed by atoms with Crippen LogP contribution in [0.2, 0.25) is 0 Å². The van der Waals surface area contributed by atoms with Crippen molar-refractivity contribution in [2.75, 3.05) is 6.26 Å². The minimum absolute atomic E-state index is 0.0189. The van der Waals surface area contributed by atoms with Gasteiger partial charge in [-0.15, -0.1) is 0 Å². The number of nitrogens with one attached hydrogen (secondary N) is 3. The Morgan fingerprint density at radius 2 is 1.89 bits per heavy atom. The van der Waals surface area contributed by atoms with E-state index in [1.165, 1.54) is 12.1 Å². The zero-order valence-electron chi connectivity index (χ0n) is 19.5. The van der Waals surface area contributed by atoms with Crippen molar-refractivity contribution in [2.45, 2.75) is 6.54 Å². The molecule has 0 aliphatic carbocycles. The van der Waals surface area contributed by atoms with E-state index in [0.29, 0.717) is 27.9 Å². The number of fused-ring (bicyclic) bond motifs is 2. The van der Waals surface area contributed by atoms with Crippen molar-refractivity contribution in [3.8, 4) is 33.9 Å². The van der Waals surface area contributed by atoms with Crippen LogP contribution in [0.1, 0.15) is 5.56 Å². The second-order valence-electron chi connectivity index (χ2n) is 8.65. The van der Waals surface area contributed by atoms with Gasteiger partial charge in [-0.25, -0.2) is 22.5 Å². The molecule has 0 unspecified atom stereocenters. The van der Waals surface area contributed by atoms with Crippen LogP contribution in [0.3, 0.4) is 0 Å². The predicted molar refractivity (Wildman–Crippen MR) is 139 cm³/mol. The Labute approximate surface area is 210 Å². The van der Waals surface area contributed by atoms with Crippen LogP contribution in [0.15, 0.2) is 73.2 Å². The van der Waals surface area contributed by atoms with Gasteiger partial charge in [-0.3, -0.25) is 15.1 Å². The van der Waals surface area contributed by atoms with Gasteiger partial charge in [0.05, 0.1) is 40.6 Å². The predicted octanol–water partition coefficient (Wildman–Crippen LogP) is 4.42. The van der Waals surface area contributed by atoms with Crippen LogP contribution < -0.4 is 4.72 Å². The molecule has 0 bridgehead atoms. The zero-order chi connectivity index (χ0) is 25.6. The van der Waals surface area contributed by atoms with Crippen LogP contribution in [-0.4, -0.2) is 44.8 Å². The van der Waals surface area contributed by atoms with E-state index in [9.17, 15) is 12.8 Å². The molecule has 0 atom stereocenters. The summed E-state index contributed by atoms with van der Waals surface area (Å²) in [5.74, 6) is -0.472. The summed E-state index contributed by atoms with van der Waals surface area (Å²) < 4.78 is 39.9. The van der Waals surface area contributed by atoms with Crippen molar-refractivity contribution in [3.63, 3.8) is 0 Å². The standard InChI is InChI=1S/C26H20FN7O2S/c1-37(35,36)30-12-15-8-16(10-17(27)9-15)19-13-28-14-24-18(19)11-23(31-24)26-25-22(33-34-26)6-5-21(32-25)20-4-2-3-7-29-20/h2-11,13-14,30-31H,12H2,1H3,(H,33,34). The van der Waals surface area contributed by atoms with Gasteiger partial charge in [0.15, 0.2) is 0 Å². The lowest BCUT2D eigenvalue weighted by Crippen LogP contribution is -2.21. The van der Waals surface area contributed by atoms with E-state index >= 15 is 0 Å². The monoisotopic (exact) mass is 513 g/mol. The number of nitrogens with zero attached hydrogens (tertiary/aromatic N) is 4. The van der Waals surface area contributed by atoms with Crippen LogP contribution in [0, 0.1) is 5.82 Å². The Hall–Kier alpha value is -4.48. The second kappa shape index (κ2) is 8.87. The van der Waals surface area contributed by atoms with E-state index in [-0.39, 0.29) is 6.54 Å². The molecule has 0 amide bonds. The molecule has 0 saturated heterocycles. The van der Waals surface area contributed by atoms with E-state index < -0.39 is 15.8 Å². The van der Waals surface area contributed by atoms with Gasteiger partial charge in [-0.05, 0) is 59.7 Å². The van der Waals surface area contributed by atoms with E-state index in [2.05, 4.69) is 29.9 Å². The Morgan fingerprint density at radius 3 is 2.70 bits per heavy atom. The van der Waals surface area contributed by atoms with Gasteiger partial charge in [0.1, 0.15) is 17.0 Å². The number of hydrogen-bond donors (Lipinski definition) is 3. The average molecular weight is 514 g/mol. The second-order valence-corrected chi connectivity index (χ2v) is 10.5. The Morgan fingerprint density at radius 1 is 1.00 bits per heavy atom. The highest BCUT2D eigenvalue weighted by Gasteiger charge is 2.16. The molecule has 0 fully saturated rings. The summed E-state index contributed by atoms with van der Waals surface area (Å²) in [6, 6.07) is 15.8. The number of aromatic nitrogens is 6. The summed E-state index contributed by atoms with van der Waals surface area (Å²) in [6.45, 7) is -0.0189.